The van der Waals surface area contributed by atoms with Crippen LogP contribution in [-0.2, 0) is 0 Å². The van der Waals surface area contributed by atoms with Crippen LogP contribution in [-0.4, -0.2) is 12.5 Å². The van der Waals surface area contributed by atoms with Gasteiger partial charge in [-0.05, 0) is 160 Å². The molecule has 0 spiro atoms. The van der Waals surface area contributed by atoms with Gasteiger partial charge in [-0.2, -0.15) is 10.0 Å². The molecule has 0 radical (unpaired) electrons. The molecule has 0 N–H and O–H groups in total. The van der Waals surface area contributed by atoms with Crippen molar-refractivity contribution in [1.29, 1.82) is 0 Å². The molecule has 0 aromatic heterocycles. The zero-order valence-electron chi connectivity index (χ0n) is 34.9. The van der Waals surface area contributed by atoms with Crippen molar-refractivity contribution in [2.75, 3.05) is 27.2 Å². The van der Waals surface area contributed by atoms with Crippen LogP contribution in [0.2, 0.25) is 0 Å². The van der Waals surface area contributed by atoms with Gasteiger partial charge in [-0.3, -0.25) is 0 Å². The van der Waals surface area contributed by atoms with Crippen molar-refractivity contribution in [3.05, 3.63) is 186 Å². The van der Waals surface area contributed by atoms with Crippen molar-refractivity contribution in [1.82, 2.24) is 0 Å². The normalized spacial score (nSPS) is 15.3. The fourth-order valence-corrected chi connectivity index (χ4v) is 12.0. The Kier molecular flexibility index (Phi) is 10.2. The van der Waals surface area contributed by atoms with E-state index in [2.05, 4.69) is 213 Å². The predicted octanol–water partition coefficient (Wildman–Crippen LogP) is 16.2. The number of para-hydroxylation sites is 4. The van der Waals surface area contributed by atoms with E-state index in [4.69, 9.17) is 0 Å². The molecule has 1 aliphatic heterocycles. The summed E-state index contributed by atoms with van der Waals surface area (Å²) in [7, 11) is -1.21. The average Bonchev–Trinajstić information content (AvgIpc) is 3.25. The molecule has 3 nitrogen and oxygen atoms in total. The number of aryl methyl sites for hydroxylation is 3. The monoisotopic (exact) mass is 777 g/mol. The highest BCUT2D eigenvalue weighted by Crippen LogP contribution is 2.67. The number of anilines is 9. The van der Waals surface area contributed by atoms with E-state index < -0.39 is 10.0 Å². The SMILES string of the molecule is Cc1ccc(N(c2ccccc2)c2cc(C3CCCCC3)cc(N(c3ccccc3)c3cc(N4c5ccccc5S(C)(C)c5ccccc54)ccc3C)c2C)c(C)c1. The van der Waals surface area contributed by atoms with Gasteiger partial charge in [-0.25, -0.2) is 0 Å². The van der Waals surface area contributed by atoms with Gasteiger partial charge in [0.25, 0.3) is 0 Å². The van der Waals surface area contributed by atoms with E-state index >= 15 is 0 Å². The molecule has 0 atom stereocenters. The number of benzene rings is 7. The number of hydrogen-bond donors (Lipinski definition) is 0. The summed E-state index contributed by atoms with van der Waals surface area (Å²) in [5, 5.41) is 0. The number of fused-ring (bicyclic) bond motifs is 2. The lowest BCUT2D eigenvalue weighted by Crippen LogP contribution is -2.21. The van der Waals surface area contributed by atoms with E-state index in [1.165, 1.54) is 115 Å². The van der Waals surface area contributed by atoms with Gasteiger partial charge >= 0.3 is 0 Å². The maximum Gasteiger partial charge on any atom is 0.0586 e. The summed E-state index contributed by atoms with van der Waals surface area (Å²) >= 11 is 0. The Morgan fingerprint density at radius 1 is 0.483 bits per heavy atom. The molecular formula is C54H55N3S. The van der Waals surface area contributed by atoms with Crippen molar-refractivity contribution in [3.8, 4) is 0 Å². The van der Waals surface area contributed by atoms with Gasteiger partial charge in [-0.1, -0.05) is 104 Å². The second-order valence-corrected chi connectivity index (χ2v) is 20.3. The summed E-state index contributed by atoms with van der Waals surface area (Å²) in [5.41, 5.74) is 17.3. The smallest absolute Gasteiger partial charge is 0.0586 e. The number of rotatable bonds is 8. The van der Waals surface area contributed by atoms with Crippen LogP contribution >= 0.6 is 10.0 Å². The van der Waals surface area contributed by atoms with Crippen molar-refractivity contribution in [2.45, 2.75) is 75.5 Å². The van der Waals surface area contributed by atoms with Crippen molar-refractivity contribution < 1.29 is 0 Å². The van der Waals surface area contributed by atoms with Crippen LogP contribution < -0.4 is 14.7 Å². The molecule has 9 rings (SSSR count). The van der Waals surface area contributed by atoms with Gasteiger partial charge in [0.15, 0.2) is 0 Å². The summed E-state index contributed by atoms with van der Waals surface area (Å²) in [6.07, 6.45) is 11.2. The lowest BCUT2D eigenvalue weighted by Gasteiger charge is -2.45. The third kappa shape index (κ3) is 6.78. The topological polar surface area (TPSA) is 9.72 Å². The molecule has 0 bridgehead atoms. The first-order chi connectivity index (χ1) is 28.2. The zero-order chi connectivity index (χ0) is 40.0. The third-order valence-electron chi connectivity index (χ3n) is 12.6. The van der Waals surface area contributed by atoms with E-state index in [9.17, 15) is 0 Å². The Labute approximate surface area is 347 Å². The quantitative estimate of drug-likeness (QED) is 0.152. The summed E-state index contributed by atoms with van der Waals surface area (Å²) in [4.78, 5) is 10.4. The van der Waals surface area contributed by atoms with Crippen LogP contribution in [0.1, 0.15) is 65.8 Å². The minimum absolute atomic E-state index is 0.515. The average molecular weight is 778 g/mol. The Hall–Kier alpha value is -5.71. The Balaban J connectivity index is 1.30. The minimum Gasteiger partial charge on any atom is -0.310 e. The molecule has 7 aromatic carbocycles. The van der Waals surface area contributed by atoms with E-state index in [-0.39, 0.29) is 0 Å². The van der Waals surface area contributed by atoms with Gasteiger partial charge in [0.1, 0.15) is 0 Å². The van der Waals surface area contributed by atoms with E-state index in [0.717, 1.165) is 5.69 Å². The Bertz CT molecular complexity index is 2540. The molecular weight excluding hydrogens is 723 g/mol. The Morgan fingerprint density at radius 3 is 1.59 bits per heavy atom. The molecule has 58 heavy (non-hydrogen) atoms. The van der Waals surface area contributed by atoms with Crippen molar-refractivity contribution >= 4 is 61.2 Å². The number of nitrogens with zero attached hydrogens (tertiary/aromatic N) is 3. The lowest BCUT2D eigenvalue weighted by molar-refractivity contribution is 0.443. The molecule has 1 aliphatic carbocycles. The maximum absolute atomic E-state index is 2.55. The van der Waals surface area contributed by atoms with Gasteiger partial charge in [-0.15, -0.1) is 0 Å². The second kappa shape index (κ2) is 15.6. The molecule has 292 valence electrons. The van der Waals surface area contributed by atoms with Crippen LogP contribution in [0.3, 0.4) is 0 Å². The number of hydrogen-bond acceptors (Lipinski definition) is 3. The molecule has 2 aliphatic rings. The lowest BCUT2D eigenvalue weighted by atomic mass is 9.83. The fourth-order valence-electron chi connectivity index (χ4n) is 9.52. The first-order valence-electron chi connectivity index (χ1n) is 20.9. The minimum atomic E-state index is -1.21. The first-order valence-corrected chi connectivity index (χ1v) is 23.4. The van der Waals surface area contributed by atoms with Gasteiger partial charge in [0.2, 0.25) is 0 Å². The molecule has 4 heteroatoms. The predicted molar refractivity (Wildman–Crippen MR) is 251 cm³/mol. The van der Waals surface area contributed by atoms with E-state index in [1.807, 2.05) is 0 Å². The molecule has 1 saturated carbocycles. The van der Waals surface area contributed by atoms with Crippen LogP contribution in [0.4, 0.5) is 51.2 Å². The van der Waals surface area contributed by atoms with Crippen LogP contribution in [0.15, 0.2) is 168 Å². The molecule has 0 saturated heterocycles. The van der Waals surface area contributed by atoms with Gasteiger partial charge < -0.3 is 14.7 Å². The van der Waals surface area contributed by atoms with Gasteiger partial charge in [0, 0.05) is 32.5 Å². The van der Waals surface area contributed by atoms with Crippen LogP contribution in [0, 0.1) is 27.7 Å². The highest BCUT2D eigenvalue weighted by Gasteiger charge is 2.34. The van der Waals surface area contributed by atoms with Crippen LogP contribution in [0.5, 0.6) is 0 Å². The molecule has 7 aromatic rings. The Morgan fingerprint density at radius 2 is 1.02 bits per heavy atom. The zero-order valence-corrected chi connectivity index (χ0v) is 35.7. The summed E-state index contributed by atoms with van der Waals surface area (Å²) in [6.45, 7) is 9.05. The fraction of sp³-hybridized carbons (Fsp3) is 0.222. The molecule has 1 heterocycles. The summed E-state index contributed by atoms with van der Waals surface area (Å²) in [5.74, 6) is 0.515. The molecule has 0 unspecified atom stereocenters. The highest BCUT2D eigenvalue weighted by atomic mass is 32.3. The first kappa shape index (κ1) is 37.8. The van der Waals surface area contributed by atoms with Crippen molar-refractivity contribution in [3.63, 3.8) is 0 Å². The highest BCUT2D eigenvalue weighted by molar-refractivity contribution is 8.33. The van der Waals surface area contributed by atoms with Crippen LogP contribution in [0.25, 0.3) is 0 Å². The molecule has 0 amide bonds. The van der Waals surface area contributed by atoms with Crippen molar-refractivity contribution in [2.24, 2.45) is 0 Å². The second-order valence-electron chi connectivity index (χ2n) is 16.7. The van der Waals surface area contributed by atoms with Gasteiger partial charge in [0.05, 0.1) is 28.4 Å². The summed E-state index contributed by atoms with van der Waals surface area (Å²) in [6, 6.07) is 59.1. The summed E-state index contributed by atoms with van der Waals surface area (Å²) < 4.78 is 0. The third-order valence-corrected chi connectivity index (χ3v) is 15.4. The van der Waals surface area contributed by atoms with E-state index in [0.29, 0.717) is 5.92 Å². The van der Waals surface area contributed by atoms with E-state index in [1.54, 1.807) is 0 Å². The molecule has 1 fully saturated rings. The largest absolute Gasteiger partial charge is 0.310 e. The maximum atomic E-state index is 2.55. The standard InChI is InChI=1S/C54H55N3S/c1-38-30-33-47(40(3)34-38)55(44-22-12-8-13-23-44)51-35-43(42-20-10-7-11-21-42)36-52(41(51)4)56(45-24-14-9-15-25-45)50-37-46(32-31-39(50)2)57-48-26-16-18-28-53(48)58(5,6)54-29-19-17-27-49(54)57/h8-9,12-19,22-37,42H,7,10-11,20-21H2,1-6H3.